The van der Waals surface area contributed by atoms with E-state index in [0.29, 0.717) is 6.10 Å². The molecule has 2 heteroatoms. The van der Waals surface area contributed by atoms with Gasteiger partial charge in [-0.1, -0.05) is 12.2 Å². The molecule has 0 aromatic carbocycles. The molecule has 1 saturated heterocycles. The summed E-state index contributed by atoms with van der Waals surface area (Å²) in [6.07, 6.45) is 8.01. The molecule has 0 aliphatic carbocycles. The molecule has 0 unspecified atom stereocenters. The van der Waals surface area contributed by atoms with E-state index in [2.05, 4.69) is 19.1 Å². The fourth-order valence-electron chi connectivity index (χ4n) is 2.04. The van der Waals surface area contributed by atoms with E-state index in [1.165, 1.54) is 0 Å². The highest BCUT2D eigenvalue weighted by molar-refractivity contribution is 4.96. The first-order chi connectivity index (χ1) is 5.81. The zero-order valence-electron chi connectivity index (χ0n) is 7.58. The Morgan fingerprint density at radius 2 is 2.33 bits per heavy atom. The first-order valence-electron chi connectivity index (χ1n) is 4.71. The van der Waals surface area contributed by atoms with Gasteiger partial charge in [-0.05, 0) is 19.8 Å². The number of hydrogen-bond acceptors (Lipinski definition) is 2. The van der Waals surface area contributed by atoms with E-state index in [9.17, 15) is 0 Å². The Labute approximate surface area is 73.5 Å². The predicted molar refractivity (Wildman–Crippen MR) is 47.1 cm³/mol. The molecule has 0 saturated carbocycles. The van der Waals surface area contributed by atoms with E-state index in [1.807, 2.05) is 0 Å². The molecule has 2 rings (SSSR count). The minimum absolute atomic E-state index is 0.0446. The summed E-state index contributed by atoms with van der Waals surface area (Å²) in [4.78, 5) is 0. The van der Waals surface area contributed by atoms with Crippen molar-refractivity contribution in [3.63, 3.8) is 0 Å². The fourth-order valence-corrected chi connectivity index (χ4v) is 2.04. The smallest absolute Gasteiger partial charge is 0.0946 e. The van der Waals surface area contributed by atoms with Gasteiger partial charge in [-0.15, -0.1) is 0 Å². The Bertz CT molecular complexity index is 176. The summed E-state index contributed by atoms with van der Waals surface area (Å²) in [7, 11) is 0. The monoisotopic (exact) mass is 168 g/mol. The van der Waals surface area contributed by atoms with Crippen LogP contribution in [0, 0.1) is 0 Å². The van der Waals surface area contributed by atoms with Gasteiger partial charge in [-0.2, -0.15) is 0 Å². The van der Waals surface area contributed by atoms with E-state index in [-0.39, 0.29) is 5.60 Å². The molecular formula is C10H16O2. The lowest BCUT2D eigenvalue weighted by atomic mass is 9.95. The molecule has 0 radical (unpaired) electrons. The van der Waals surface area contributed by atoms with Gasteiger partial charge >= 0.3 is 0 Å². The predicted octanol–water partition coefficient (Wildman–Crippen LogP) is 1.90. The molecule has 0 aromatic heterocycles. The van der Waals surface area contributed by atoms with Gasteiger partial charge < -0.3 is 9.47 Å². The summed E-state index contributed by atoms with van der Waals surface area (Å²) >= 11 is 0. The summed E-state index contributed by atoms with van der Waals surface area (Å²) in [6, 6.07) is 0. The molecule has 12 heavy (non-hydrogen) atoms. The van der Waals surface area contributed by atoms with Gasteiger partial charge in [0.2, 0.25) is 0 Å². The Kier molecular flexibility index (Phi) is 2.20. The maximum Gasteiger partial charge on any atom is 0.0946 e. The molecule has 0 bridgehead atoms. The van der Waals surface area contributed by atoms with Gasteiger partial charge in [-0.25, -0.2) is 0 Å². The normalized spacial score (nSPS) is 41.9. The van der Waals surface area contributed by atoms with Crippen molar-refractivity contribution in [2.45, 2.75) is 37.9 Å². The molecule has 0 N–H and O–H groups in total. The minimum atomic E-state index is 0.0446. The van der Waals surface area contributed by atoms with Crippen LogP contribution in [0.5, 0.6) is 0 Å². The van der Waals surface area contributed by atoms with Crippen LogP contribution in [0.2, 0.25) is 0 Å². The summed E-state index contributed by atoms with van der Waals surface area (Å²) in [5, 5.41) is 0. The van der Waals surface area contributed by atoms with Gasteiger partial charge in [0.1, 0.15) is 0 Å². The lowest BCUT2D eigenvalue weighted by molar-refractivity contribution is -0.0386. The number of rotatable bonds is 0. The number of hydrogen-bond donors (Lipinski definition) is 0. The highest BCUT2D eigenvalue weighted by Crippen LogP contribution is 2.33. The topological polar surface area (TPSA) is 18.5 Å². The molecule has 0 amide bonds. The summed E-state index contributed by atoms with van der Waals surface area (Å²) in [6.45, 7) is 3.67. The summed E-state index contributed by atoms with van der Waals surface area (Å²) < 4.78 is 11.4. The molecule has 2 atom stereocenters. The van der Waals surface area contributed by atoms with Crippen molar-refractivity contribution in [2.24, 2.45) is 0 Å². The maximum atomic E-state index is 5.81. The highest BCUT2D eigenvalue weighted by atomic mass is 16.6. The molecular weight excluding hydrogens is 152 g/mol. The van der Waals surface area contributed by atoms with E-state index >= 15 is 0 Å². The first kappa shape index (κ1) is 8.27. The van der Waals surface area contributed by atoms with Gasteiger partial charge in [0.15, 0.2) is 0 Å². The summed E-state index contributed by atoms with van der Waals surface area (Å²) in [5.41, 5.74) is 0.0446. The average molecular weight is 168 g/mol. The van der Waals surface area contributed by atoms with Gasteiger partial charge in [-0.3, -0.25) is 0 Å². The van der Waals surface area contributed by atoms with Crippen LogP contribution in [0.15, 0.2) is 12.2 Å². The molecule has 1 fully saturated rings. The van der Waals surface area contributed by atoms with Crippen molar-refractivity contribution in [3.05, 3.63) is 12.2 Å². The molecule has 2 aliphatic rings. The van der Waals surface area contributed by atoms with Crippen LogP contribution in [-0.4, -0.2) is 24.9 Å². The zero-order valence-corrected chi connectivity index (χ0v) is 7.58. The second-order valence-corrected chi connectivity index (χ2v) is 3.83. The van der Waals surface area contributed by atoms with Crippen molar-refractivity contribution in [3.8, 4) is 0 Å². The van der Waals surface area contributed by atoms with Crippen molar-refractivity contribution in [1.29, 1.82) is 0 Å². The SMILES string of the molecule is C[C@H]1C[C@]2(CCC=CCO2)CO1. The lowest BCUT2D eigenvalue weighted by Crippen LogP contribution is -2.32. The molecule has 2 nitrogen and oxygen atoms in total. The highest BCUT2D eigenvalue weighted by Gasteiger charge is 2.39. The van der Waals surface area contributed by atoms with E-state index in [0.717, 1.165) is 32.5 Å². The Balaban J connectivity index is 2.01. The van der Waals surface area contributed by atoms with E-state index < -0.39 is 0 Å². The van der Waals surface area contributed by atoms with Crippen LogP contribution in [0.3, 0.4) is 0 Å². The van der Waals surface area contributed by atoms with E-state index in [1.54, 1.807) is 0 Å². The van der Waals surface area contributed by atoms with Gasteiger partial charge in [0, 0.05) is 6.42 Å². The lowest BCUT2D eigenvalue weighted by Gasteiger charge is -2.25. The maximum absolute atomic E-state index is 5.81. The van der Waals surface area contributed by atoms with Crippen molar-refractivity contribution >= 4 is 0 Å². The molecule has 1 spiro atoms. The van der Waals surface area contributed by atoms with Crippen LogP contribution >= 0.6 is 0 Å². The third kappa shape index (κ3) is 1.54. The Hall–Kier alpha value is -0.340. The second kappa shape index (κ2) is 3.19. The van der Waals surface area contributed by atoms with Crippen LogP contribution in [-0.2, 0) is 9.47 Å². The van der Waals surface area contributed by atoms with Crippen LogP contribution in [0.25, 0.3) is 0 Å². The Morgan fingerprint density at radius 3 is 3.08 bits per heavy atom. The largest absolute Gasteiger partial charge is 0.375 e. The van der Waals surface area contributed by atoms with Gasteiger partial charge in [0.25, 0.3) is 0 Å². The minimum Gasteiger partial charge on any atom is -0.375 e. The molecule has 68 valence electrons. The van der Waals surface area contributed by atoms with Crippen molar-refractivity contribution in [1.82, 2.24) is 0 Å². The summed E-state index contributed by atoms with van der Waals surface area (Å²) in [5.74, 6) is 0. The van der Waals surface area contributed by atoms with Crippen LogP contribution < -0.4 is 0 Å². The third-order valence-electron chi connectivity index (χ3n) is 2.71. The number of allylic oxidation sites excluding steroid dienone is 1. The van der Waals surface area contributed by atoms with Crippen molar-refractivity contribution < 1.29 is 9.47 Å². The molecule has 0 aromatic rings. The van der Waals surface area contributed by atoms with Crippen molar-refractivity contribution in [2.75, 3.05) is 13.2 Å². The zero-order chi connectivity index (χ0) is 8.44. The quantitative estimate of drug-likeness (QED) is 0.514. The van der Waals surface area contributed by atoms with Crippen LogP contribution in [0.1, 0.15) is 26.2 Å². The Morgan fingerprint density at radius 1 is 1.42 bits per heavy atom. The third-order valence-corrected chi connectivity index (χ3v) is 2.71. The molecule has 2 aliphatic heterocycles. The number of ether oxygens (including phenoxy) is 2. The molecule has 2 heterocycles. The standard InChI is InChI=1S/C10H16O2/c1-9-7-10(8-11-9)5-3-2-4-6-12-10/h2,4,9H,3,5-8H2,1H3/t9-,10+/m0/s1. The second-order valence-electron chi connectivity index (χ2n) is 3.83. The van der Waals surface area contributed by atoms with E-state index in [4.69, 9.17) is 9.47 Å². The fraction of sp³-hybridized carbons (Fsp3) is 0.800. The van der Waals surface area contributed by atoms with Crippen LogP contribution in [0.4, 0.5) is 0 Å². The first-order valence-corrected chi connectivity index (χ1v) is 4.71. The van der Waals surface area contributed by atoms with Gasteiger partial charge in [0.05, 0.1) is 24.9 Å². The average Bonchev–Trinajstić information content (AvgIpc) is 2.30.